The van der Waals surface area contributed by atoms with Gasteiger partial charge < -0.3 is 14.8 Å². The maximum absolute atomic E-state index is 5.76. The second-order valence-electron chi connectivity index (χ2n) is 4.69. The second-order valence-corrected chi connectivity index (χ2v) is 5.63. The Morgan fingerprint density at radius 1 is 1.24 bits per heavy atom. The van der Waals surface area contributed by atoms with Crippen LogP contribution in [0.15, 0.2) is 29.6 Å². The lowest BCUT2D eigenvalue weighted by Gasteiger charge is -2.06. The molecule has 0 saturated heterocycles. The highest BCUT2D eigenvalue weighted by Gasteiger charge is 2.03. The van der Waals surface area contributed by atoms with Crippen molar-refractivity contribution in [3.8, 4) is 5.75 Å². The first-order valence-electron chi connectivity index (χ1n) is 7.16. The van der Waals surface area contributed by atoms with Crippen LogP contribution in [0.4, 0.5) is 0 Å². The average Bonchev–Trinajstić information content (AvgIpc) is 2.98. The van der Waals surface area contributed by atoms with Crippen molar-refractivity contribution in [3.63, 3.8) is 0 Å². The summed E-state index contributed by atoms with van der Waals surface area (Å²) in [4.78, 5) is 4.54. The normalized spacial score (nSPS) is 10.8. The standard InChI is InChI=1S/C16H22N2O2S/c1-3-17-10-16-18-14(12-21-16)11-20-15-6-4-13(5-7-15)8-9-19-2/h4-7,12,17H,3,8-11H2,1-2H3. The van der Waals surface area contributed by atoms with Crippen molar-refractivity contribution < 1.29 is 9.47 Å². The monoisotopic (exact) mass is 306 g/mol. The van der Waals surface area contributed by atoms with Crippen LogP contribution < -0.4 is 10.1 Å². The molecule has 0 unspecified atom stereocenters. The van der Waals surface area contributed by atoms with E-state index in [0.717, 1.165) is 42.6 Å². The number of methoxy groups -OCH3 is 1. The minimum atomic E-state index is 0.514. The summed E-state index contributed by atoms with van der Waals surface area (Å²) in [7, 11) is 1.72. The maximum atomic E-state index is 5.76. The number of rotatable bonds is 9. The van der Waals surface area contributed by atoms with Gasteiger partial charge in [-0.2, -0.15) is 0 Å². The largest absolute Gasteiger partial charge is 0.487 e. The van der Waals surface area contributed by atoms with Gasteiger partial charge in [-0.15, -0.1) is 11.3 Å². The van der Waals surface area contributed by atoms with Gasteiger partial charge in [-0.25, -0.2) is 4.98 Å². The summed E-state index contributed by atoms with van der Waals surface area (Å²) >= 11 is 1.67. The molecule has 0 saturated carbocycles. The Balaban J connectivity index is 1.80. The van der Waals surface area contributed by atoms with Crippen LogP contribution in [0.5, 0.6) is 5.75 Å². The van der Waals surface area contributed by atoms with E-state index in [9.17, 15) is 0 Å². The highest BCUT2D eigenvalue weighted by Crippen LogP contribution is 2.16. The molecule has 21 heavy (non-hydrogen) atoms. The zero-order valence-electron chi connectivity index (χ0n) is 12.6. The van der Waals surface area contributed by atoms with E-state index < -0.39 is 0 Å². The summed E-state index contributed by atoms with van der Waals surface area (Å²) in [6.45, 7) is 5.14. The fraction of sp³-hybridized carbons (Fsp3) is 0.438. The Kier molecular flexibility index (Phi) is 6.66. The molecule has 2 aromatic rings. The highest BCUT2D eigenvalue weighted by atomic mass is 32.1. The Hall–Kier alpha value is -1.43. The molecular weight excluding hydrogens is 284 g/mol. The van der Waals surface area contributed by atoms with Gasteiger partial charge in [-0.1, -0.05) is 19.1 Å². The lowest BCUT2D eigenvalue weighted by atomic mass is 10.1. The van der Waals surface area contributed by atoms with Crippen LogP contribution in [0.2, 0.25) is 0 Å². The molecule has 0 atom stereocenters. The van der Waals surface area contributed by atoms with Gasteiger partial charge in [0.15, 0.2) is 0 Å². The Bertz CT molecular complexity index is 525. The molecule has 1 aromatic heterocycles. The zero-order valence-corrected chi connectivity index (χ0v) is 13.4. The molecule has 1 aromatic carbocycles. The maximum Gasteiger partial charge on any atom is 0.131 e. The second kappa shape index (κ2) is 8.77. The van der Waals surface area contributed by atoms with Gasteiger partial charge >= 0.3 is 0 Å². The van der Waals surface area contributed by atoms with Gasteiger partial charge in [-0.3, -0.25) is 0 Å². The fourth-order valence-electron chi connectivity index (χ4n) is 1.86. The molecule has 0 fully saturated rings. The van der Waals surface area contributed by atoms with E-state index >= 15 is 0 Å². The first kappa shape index (κ1) is 15.9. The molecule has 4 nitrogen and oxygen atoms in total. The van der Waals surface area contributed by atoms with E-state index in [-0.39, 0.29) is 0 Å². The Morgan fingerprint density at radius 2 is 2.05 bits per heavy atom. The molecule has 0 amide bonds. The molecule has 2 rings (SSSR count). The highest BCUT2D eigenvalue weighted by molar-refractivity contribution is 7.09. The first-order chi connectivity index (χ1) is 10.3. The molecule has 0 spiro atoms. The van der Waals surface area contributed by atoms with Crippen molar-refractivity contribution in [1.29, 1.82) is 0 Å². The topological polar surface area (TPSA) is 43.4 Å². The van der Waals surface area contributed by atoms with Crippen molar-refractivity contribution in [2.75, 3.05) is 20.3 Å². The van der Waals surface area contributed by atoms with Crippen LogP contribution in [0, 0.1) is 0 Å². The number of ether oxygens (including phenoxy) is 2. The van der Waals surface area contributed by atoms with E-state index in [2.05, 4.69) is 34.7 Å². The van der Waals surface area contributed by atoms with Gasteiger partial charge in [0, 0.05) is 19.0 Å². The minimum Gasteiger partial charge on any atom is -0.487 e. The number of hydrogen-bond donors (Lipinski definition) is 1. The van der Waals surface area contributed by atoms with Gasteiger partial charge in [0.1, 0.15) is 17.4 Å². The summed E-state index contributed by atoms with van der Waals surface area (Å²) in [6, 6.07) is 8.14. The molecule has 0 aliphatic rings. The Morgan fingerprint density at radius 3 is 2.76 bits per heavy atom. The van der Waals surface area contributed by atoms with Crippen LogP contribution in [0.1, 0.15) is 23.2 Å². The summed E-state index contributed by atoms with van der Waals surface area (Å²) < 4.78 is 10.8. The van der Waals surface area contributed by atoms with Gasteiger partial charge in [0.05, 0.1) is 12.3 Å². The minimum absolute atomic E-state index is 0.514. The third-order valence-corrected chi connectivity index (χ3v) is 3.93. The van der Waals surface area contributed by atoms with Crippen molar-refractivity contribution in [2.24, 2.45) is 0 Å². The third kappa shape index (κ3) is 5.46. The number of nitrogens with zero attached hydrogens (tertiary/aromatic N) is 1. The SMILES string of the molecule is CCNCc1nc(COc2ccc(CCOC)cc2)cs1. The number of thiazole rings is 1. The Labute approximate surface area is 130 Å². The smallest absolute Gasteiger partial charge is 0.131 e. The van der Waals surface area contributed by atoms with Crippen LogP contribution in [-0.2, 0) is 24.3 Å². The summed E-state index contributed by atoms with van der Waals surface area (Å²) in [5.74, 6) is 0.873. The first-order valence-corrected chi connectivity index (χ1v) is 8.04. The van der Waals surface area contributed by atoms with Gasteiger partial charge in [0.25, 0.3) is 0 Å². The van der Waals surface area contributed by atoms with Gasteiger partial charge in [0.2, 0.25) is 0 Å². The molecule has 0 bridgehead atoms. The van der Waals surface area contributed by atoms with Crippen molar-refractivity contribution in [2.45, 2.75) is 26.5 Å². The van der Waals surface area contributed by atoms with Crippen LogP contribution in [-0.4, -0.2) is 25.2 Å². The van der Waals surface area contributed by atoms with E-state index in [4.69, 9.17) is 9.47 Å². The zero-order chi connectivity index (χ0) is 14.9. The summed E-state index contributed by atoms with van der Waals surface area (Å²) in [5, 5.41) is 6.43. The molecule has 0 aliphatic heterocycles. The molecule has 114 valence electrons. The molecule has 5 heteroatoms. The summed E-state index contributed by atoms with van der Waals surface area (Å²) in [5.41, 5.74) is 2.24. The summed E-state index contributed by atoms with van der Waals surface area (Å²) in [6.07, 6.45) is 0.927. The van der Waals surface area contributed by atoms with Crippen LogP contribution in [0.25, 0.3) is 0 Å². The molecule has 0 aliphatic carbocycles. The van der Waals surface area contributed by atoms with Gasteiger partial charge in [-0.05, 0) is 30.7 Å². The third-order valence-electron chi connectivity index (χ3n) is 3.03. The average molecular weight is 306 g/mol. The molecule has 1 heterocycles. The quantitative estimate of drug-likeness (QED) is 0.773. The van der Waals surface area contributed by atoms with E-state index in [1.807, 2.05) is 12.1 Å². The number of benzene rings is 1. The molecule has 0 radical (unpaired) electrons. The number of hydrogen-bond acceptors (Lipinski definition) is 5. The van der Waals surface area contributed by atoms with Crippen LogP contribution >= 0.6 is 11.3 Å². The van der Waals surface area contributed by atoms with Crippen molar-refractivity contribution in [3.05, 3.63) is 45.9 Å². The fourth-order valence-corrected chi connectivity index (χ4v) is 2.61. The van der Waals surface area contributed by atoms with E-state index in [1.54, 1.807) is 18.4 Å². The van der Waals surface area contributed by atoms with Crippen molar-refractivity contribution >= 4 is 11.3 Å². The van der Waals surface area contributed by atoms with E-state index in [1.165, 1.54) is 5.56 Å². The van der Waals surface area contributed by atoms with Crippen molar-refractivity contribution in [1.82, 2.24) is 10.3 Å². The molecular formula is C16H22N2O2S. The predicted molar refractivity (Wildman–Crippen MR) is 85.8 cm³/mol. The predicted octanol–water partition coefficient (Wildman–Crippen LogP) is 3.02. The lowest BCUT2D eigenvalue weighted by molar-refractivity contribution is 0.202. The number of aromatic nitrogens is 1. The molecule has 1 N–H and O–H groups in total. The van der Waals surface area contributed by atoms with E-state index in [0.29, 0.717) is 6.61 Å². The number of nitrogens with one attached hydrogen (secondary N) is 1. The van der Waals surface area contributed by atoms with Crippen LogP contribution in [0.3, 0.4) is 0 Å². The lowest BCUT2D eigenvalue weighted by Crippen LogP contribution is -2.11.